The highest BCUT2D eigenvalue weighted by molar-refractivity contribution is 5.78. The molecule has 2 rings (SSSR count). The molecule has 5 nitrogen and oxygen atoms in total. The molecule has 1 aliphatic carbocycles. The van der Waals surface area contributed by atoms with Crippen molar-refractivity contribution in [2.75, 3.05) is 27.3 Å². The molecule has 0 aromatic heterocycles. The van der Waals surface area contributed by atoms with Crippen LogP contribution in [0, 0.1) is 0 Å². The molecule has 1 amide bonds. The van der Waals surface area contributed by atoms with Gasteiger partial charge in [0, 0.05) is 6.04 Å². The largest absolute Gasteiger partial charge is 0.497 e. The van der Waals surface area contributed by atoms with Gasteiger partial charge in [0.25, 0.3) is 0 Å². The fraction of sp³-hybridized carbons (Fsp3) is 0.611. The maximum Gasteiger partial charge on any atom is 0.234 e. The van der Waals surface area contributed by atoms with Gasteiger partial charge in [-0.05, 0) is 37.6 Å². The predicted molar refractivity (Wildman–Crippen MR) is 90.5 cm³/mol. The van der Waals surface area contributed by atoms with Crippen LogP contribution in [0.2, 0.25) is 0 Å². The van der Waals surface area contributed by atoms with Gasteiger partial charge in [0.15, 0.2) is 0 Å². The van der Waals surface area contributed by atoms with Crippen LogP contribution >= 0.6 is 0 Å². The van der Waals surface area contributed by atoms with Gasteiger partial charge in [0.2, 0.25) is 5.91 Å². The number of likely N-dealkylation sites (N-methyl/N-ethyl adjacent to an activating group) is 1. The summed E-state index contributed by atoms with van der Waals surface area (Å²) in [5, 5.41) is 12.8. The molecule has 0 heterocycles. The summed E-state index contributed by atoms with van der Waals surface area (Å²) in [6.45, 7) is 0.257. The van der Waals surface area contributed by atoms with Crippen LogP contribution in [-0.2, 0) is 4.79 Å². The van der Waals surface area contributed by atoms with Crippen LogP contribution in [-0.4, -0.2) is 49.3 Å². The molecule has 1 aromatic rings. The summed E-state index contributed by atoms with van der Waals surface area (Å²) in [7, 11) is 3.49. The molecule has 0 spiro atoms. The third-order valence-corrected chi connectivity index (χ3v) is 4.57. The number of aliphatic hydroxyl groups is 1. The molecular weight excluding hydrogens is 292 g/mol. The van der Waals surface area contributed by atoms with E-state index in [0.29, 0.717) is 6.04 Å². The lowest BCUT2D eigenvalue weighted by atomic mass is 9.95. The molecular formula is C18H28N2O3. The second-order valence-electron chi connectivity index (χ2n) is 6.29. The van der Waals surface area contributed by atoms with Crippen LogP contribution in [0.3, 0.4) is 0 Å². The number of benzene rings is 1. The lowest BCUT2D eigenvalue weighted by Crippen LogP contribution is -2.43. The van der Waals surface area contributed by atoms with E-state index in [1.807, 2.05) is 36.2 Å². The lowest BCUT2D eigenvalue weighted by Gasteiger charge is -2.28. The molecule has 1 aliphatic rings. The third-order valence-electron chi connectivity index (χ3n) is 4.57. The van der Waals surface area contributed by atoms with E-state index >= 15 is 0 Å². The predicted octanol–water partition coefficient (Wildman–Crippen LogP) is 2.11. The van der Waals surface area contributed by atoms with Crippen molar-refractivity contribution in [3.8, 4) is 5.75 Å². The lowest BCUT2D eigenvalue weighted by molar-refractivity contribution is -0.123. The zero-order valence-corrected chi connectivity index (χ0v) is 14.1. The Hall–Kier alpha value is -1.59. The minimum Gasteiger partial charge on any atom is -0.497 e. The van der Waals surface area contributed by atoms with Gasteiger partial charge in [-0.3, -0.25) is 9.69 Å². The molecule has 5 heteroatoms. The van der Waals surface area contributed by atoms with Crippen LogP contribution in [0.1, 0.15) is 43.7 Å². The van der Waals surface area contributed by atoms with Gasteiger partial charge in [0.05, 0.1) is 26.3 Å². The Balaban J connectivity index is 1.90. The molecule has 0 saturated heterocycles. The van der Waals surface area contributed by atoms with E-state index in [1.54, 1.807) is 7.11 Å². The Morgan fingerprint density at radius 3 is 2.52 bits per heavy atom. The maximum atomic E-state index is 12.2. The van der Waals surface area contributed by atoms with Crippen molar-refractivity contribution in [2.45, 2.75) is 44.2 Å². The van der Waals surface area contributed by atoms with Gasteiger partial charge >= 0.3 is 0 Å². The van der Waals surface area contributed by atoms with Crippen molar-refractivity contribution >= 4 is 5.91 Å². The van der Waals surface area contributed by atoms with Crippen LogP contribution in [0.4, 0.5) is 0 Å². The zero-order chi connectivity index (χ0) is 16.7. The van der Waals surface area contributed by atoms with Gasteiger partial charge in [-0.1, -0.05) is 31.4 Å². The van der Waals surface area contributed by atoms with E-state index in [2.05, 4.69) is 5.32 Å². The number of nitrogens with zero attached hydrogens (tertiary/aromatic N) is 1. The summed E-state index contributed by atoms with van der Waals surface area (Å²) < 4.78 is 5.15. The van der Waals surface area contributed by atoms with Gasteiger partial charge in [-0.2, -0.15) is 0 Å². The van der Waals surface area contributed by atoms with Crippen LogP contribution in [0.15, 0.2) is 24.3 Å². The summed E-state index contributed by atoms with van der Waals surface area (Å²) in [6, 6.07) is 7.71. The highest BCUT2D eigenvalue weighted by Crippen LogP contribution is 2.22. The fourth-order valence-corrected chi connectivity index (χ4v) is 3.18. The second kappa shape index (κ2) is 8.89. The van der Waals surface area contributed by atoms with Gasteiger partial charge in [0.1, 0.15) is 5.75 Å². The number of carbonyl (C=O) groups is 1. The van der Waals surface area contributed by atoms with Crippen molar-refractivity contribution in [3.63, 3.8) is 0 Å². The average molecular weight is 320 g/mol. The summed E-state index contributed by atoms with van der Waals surface area (Å²) >= 11 is 0. The van der Waals surface area contributed by atoms with Crippen molar-refractivity contribution in [1.82, 2.24) is 10.2 Å². The summed E-state index contributed by atoms with van der Waals surface area (Å²) in [4.78, 5) is 14.1. The van der Waals surface area contributed by atoms with E-state index in [4.69, 9.17) is 4.74 Å². The number of aliphatic hydroxyl groups excluding tert-OH is 1. The number of carbonyl (C=O) groups excluding carboxylic acids is 1. The Morgan fingerprint density at radius 1 is 1.30 bits per heavy atom. The molecule has 0 bridgehead atoms. The Morgan fingerprint density at radius 2 is 1.96 bits per heavy atom. The van der Waals surface area contributed by atoms with Gasteiger partial charge in [-0.15, -0.1) is 0 Å². The van der Waals surface area contributed by atoms with E-state index in [-0.39, 0.29) is 25.1 Å². The van der Waals surface area contributed by atoms with E-state index in [1.165, 1.54) is 19.3 Å². The fourth-order valence-electron chi connectivity index (χ4n) is 3.18. The minimum absolute atomic E-state index is 0.0282. The molecule has 23 heavy (non-hydrogen) atoms. The van der Waals surface area contributed by atoms with Gasteiger partial charge in [-0.25, -0.2) is 0 Å². The molecule has 1 unspecified atom stereocenters. The molecule has 1 atom stereocenters. The third kappa shape index (κ3) is 5.22. The number of ether oxygens (including phenoxy) is 1. The summed E-state index contributed by atoms with van der Waals surface area (Å²) in [6.07, 6.45) is 5.84. The number of hydrogen-bond donors (Lipinski definition) is 2. The van der Waals surface area contributed by atoms with E-state index in [9.17, 15) is 9.90 Å². The molecule has 1 saturated carbocycles. The number of nitrogens with one attached hydrogen (secondary N) is 1. The summed E-state index contributed by atoms with van der Waals surface area (Å²) in [5.74, 6) is 0.814. The Labute approximate surface area is 138 Å². The normalized spacial score (nSPS) is 17.0. The number of methoxy groups -OCH3 is 1. The van der Waals surface area contributed by atoms with Crippen LogP contribution in [0.5, 0.6) is 5.75 Å². The van der Waals surface area contributed by atoms with Crippen molar-refractivity contribution in [2.24, 2.45) is 0 Å². The quantitative estimate of drug-likeness (QED) is 0.808. The smallest absolute Gasteiger partial charge is 0.234 e. The monoisotopic (exact) mass is 320 g/mol. The molecule has 2 N–H and O–H groups in total. The standard InChI is InChI=1S/C18H28N2O3/c1-20(12-18(22)19-15-6-4-3-5-7-15)17(13-21)14-8-10-16(23-2)11-9-14/h8-11,15,17,21H,3-7,12-13H2,1-2H3,(H,19,22). The minimum atomic E-state index is -0.196. The molecule has 128 valence electrons. The molecule has 1 aromatic carbocycles. The van der Waals surface area contributed by atoms with Crippen molar-refractivity contribution in [3.05, 3.63) is 29.8 Å². The number of rotatable bonds is 7. The van der Waals surface area contributed by atoms with Crippen LogP contribution in [0.25, 0.3) is 0 Å². The Kier molecular flexibility index (Phi) is 6.86. The SMILES string of the molecule is COc1ccc(C(CO)N(C)CC(=O)NC2CCCCC2)cc1. The summed E-state index contributed by atoms with van der Waals surface area (Å²) in [5.41, 5.74) is 0.973. The molecule has 0 aliphatic heterocycles. The van der Waals surface area contributed by atoms with Gasteiger partial charge < -0.3 is 15.2 Å². The highest BCUT2D eigenvalue weighted by atomic mass is 16.5. The maximum absolute atomic E-state index is 12.2. The molecule has 1 fully saturated rings. The van der Waals surface area contributed by atoms with Crippen molar-refractivity contribution in [1.29, 1.82) is 0 Å². The van der Waals surface area contributed by atoms with E-state index in [0.717, 1.165) is 24.2 Å². The van der Waals surface area contributed by atoms with E-state index < -0.39 is 0 Å². The first-order valence-corrected chi connectivity index (χ1v) is 8.38. The average Bonchev–Trinajstić information content (AvgIpc) is 2.57. The first-order valence-electron chi connectivity index (χ1n) is 8.38. The number of hydrogen-bond acceptors (Lipinski definition) is 4. The second-order valence-corrected chi connectivity index (χ2v) is 6.29. The zero-order valence-electron chi connectivity index (χ0n) is 14.1. The van der Waals surface area contributed by atoms with Crippen molar-refractivity contribution < 1.29 is 14.6 Å². The Bertz CT molecular complexity index is 484. The first-order chi connectivity index (χ1) is 11.1. The van der Waals surface area contributed by atoms with Crippen LogP contribution < -0.4 is 10.1 Å². The first kappa shape index (κ1) is 17.8. The molecule has 0 radical (unpaired) electrons. The topological polar surface area (TPSA) is 61.8 Å². The number of amides is 1. The highest BCUT2D eigenvalue weighted by Gasteiger charge is 2.21.